The van der Waals surface area contributed by atoms with Crippen molar-refractivity contribution in [1.29, 1.82) is 0 Å². The van der Waals surface area contributed by atoms with Gasteiger partial charge >= 0.3 is 0 Å². The second-order valence-electron chi connectivity index (χ2n) is 6.17. The molecule has 1 fully saturated rings. The number of aromatic nitrogens is 2. The van der Waals surface area contributed by atoms with Gasteiger partial charge in [-0.3, -0.25) is 5.10 Å². The van der Waals surface area contributed by atoms with Crippen LogP contribution in [-0.2, 0) is 16.6 Å². The van der Waals surface area contributed by atoms with Gasteiger partial charge in [-0.05, 0) is 25.7 Å². The van der Waals surface area contributed by atoms with Gasteiger partial charge in [-0.15, -0.1) is 0 Å². The molecule has 1 aromatic heterocycles. The normalized spacial score (nSPS) is 17.0. The maximum Gasteiger partial charge on any atom is 0.260 e. The van der Waals surface area contributed by atoms with Crippen LogP contribution in [-0.4, -0.2) is 31.2 Å². The topological polar surface area (TPSA) is 86.9 Å². The van der Waals surface area contributed by atoms with Gasteiger partial charge in [0.25, 0.3) is 10.0 Å². The Kier molecular flexibility index (Phi) is 5.40. The summed E-state index contributed by atoms with van der Waals surface area (Å²) in [7, 11) is -3.54. The molecule has 1 heterocycles. The van der Waals surface area contributed by atoms with Crippen molar-refractivity contribution in [2.24, 2.45) is 5.92 Å². The first-order valence-corrected chi connectivity index (χ1v) is 9.15. The average Bonchev–Trinajstić information content (AvgIpc) is 3.03. The molecule has 0 saturated heterocycles. The van der Waals surface area contributed by atoms with E-state index in [9.17, 15) is 8.42 Å². The molecule has 1 aliphatic carbocycles. The number of rotatable bonds is 7. The van der Waals surface area contributed by atoms with Crippen LogP contribution in [0.15, 0.2) is 5.03 Å². The first kappa shape index (κ1) is 16.5. The molecular formula is C14H26N4O2S. The molecule has 0 radical (unpaired) electrons. The first-order chi connectivity index (χ1) is 9.90. The fraction of sp³-hybridized carbons (Fsp3) is 0.786. The van der Waals surface area contributed by atoms with Crippen molar-refractivity contribution >= 4 is 10.0 Å². The van der Waals surface area contributed by atoms with Gasteiger partial charge in [0.05, 0.1) is 0 Å². The lowest BCUT2D eigenvalue weighted by molar-refractivity contribution is 0.516. The monoisotopic (exact) mass is 314 g/mol. The van der Waals surface area contributed by atoms with Crippen LogP contribution in [0.4, 0.5) is 0 Å². The lowest BCUT2D eigenvalue weighted by atomic mass is 10.1. The third kappa shape index (κ3) is 4.28. The molecule has 0 aliphatic heterocycles. The number of nitrogens with zero attached hydrogens (tertiary/aromatic N) is 1. The average molecular weight is 314 g/mol. The zero-order valence-corrected chi connectivity index (χ0v) is 13.9. The molecule has 0 spiro atoms. The summed E-state index contributed by atoms with van der Waals surface area (Å²) in [5.74, 6) is 0.469. The predicted octanol–water partition coefficient (Wildman–Crippen LogP) is 1.68. The minimum atomic E-state index is -3.54. The van der Waals surface area contributed by atoms with E-state index in [2.05, 4.69) is 20.2 Å². The van der Waals surface area contributed by atoms with Crippen molar-refractivity contribution in [2.45, 2.75) is 64.1 Å². The van der Waals surface area contributed by atoms with Gasteiger partial charge in [0, 0.05) is 30.4 Å². The summed E-state index contributed by atoms with van der Waals surface area (Å²) in [6, 6.07) is 0.293. The standard InChI is InChI=1S/C14H26N4O2S/c1-10(2)15-9-13-11(3)17-18-14(13)21(19,20)16-8-12-6-4-5-7-12/h10,12,15-16H,4-9H2,1-3H3,(H,17,18). The van der Waals surface area contributed by atoms with Crippen molar-refractivity contribution in [1.82, 2.24) is 20.2 Å². The minimum absolute atomic E-state index is 0.131. The van der Waals surface area contributed by atoms with Crippen molar-refractivity contribution in [2.75, 3.05) is 6.54 Å². The van der Waals surface area contributed by atoms with E-state index in [1.807, 2.05) is 20.8 Å². The minimum Gasteiger partial charge on any atom is -0.310 e. The summed E-state index contributed by atoms with van der Waals surface area (Å²) >= 11 is 0. The number of aryl methyl sites for hydroxylation is 1. The van der Waals surface area contributed by atoms with Gasteiger partial charge in [0.1, 0.15) is 0 Å². The van der Waals surface area contributed by atoms with E-state index in [4.69, 9.17) is 0 Å². The van der Waals surface area contributed by atoms with E-state index in [0.29, 0.717) is 25.0 Å². The smallest absolute Gasteiger partial charge is 0.260 e. The molecule has 1 saturated carbocycles. The number of sulfonamides is 1. The Balaban J connectivity index is 2.07. The summed E-state index contributed by atoms with van der Waals surface area (Å²) < 4.78 is 27.6. The van der Waals surface area contributed by atoms with Gasteiger partial charge in [-0.25, -0.2) is 13.1 Å². The molecule has 7 heteroatoms. The lowest BCUT2D eigenvalue weighted by Gasteiger charge is -2.12. The zero-order valence-electron chi connectivity index (χ0n) is 13.1. The SMILES string of the molecule is Cc1[nH]nc(S(=O)(=O)NCC2CCCC2)c1CNC(C)C. The molecule has 21 heavy (non-hydrogen) atoms. The van der Waals surface area contributed by atoms with Gasteiger partial charge < -0.3 is 5.32 Å². The summed E-state index contributed by atoms with van der Waals surface area (Å²) in [6.07, 6.45) is 4.64. The maximum atomic E-state index is 12.4. The quantitative estimate of drug-likeness (QED) is 0.715. The highest BCUT2D eigenvalue weighted by molar-refractivity contribution is 7.89. The Morgan fingerprint density at radius 2 is 2.00 bits per heavy atom. The van der Waals surface area contributed by atoms with Gasteiger partial charge in [0.2, 0.25) is 0 Å². The number of hydrogen-bond acceptors (Lipinski definition) is 4. The number of nitrogens with one attached hydrogen (secondary N) is 3. The van der Waals surface area contributed by atoms with E-state index in [-0.39, 0.29) is 5.03 Å². The molecule has 0 amide bonds. The van der Waals surface area contributed by atoms with Crippen LogP contribution in [0.25, 0.3) is 0 Å². The van der Waals surface area contributed by atoms with Crippen LogP contribution < -0.4 is 10.0 Å². The third-order valence-electron chi connectivity index (χ3n) is 4.01. The first-order valence-electron chi connectivity index (χ1n) is 7.67. The molecule has 3 N–H and O–H groups in total. The van der Waals surface area contributed by atoms with Crippen LogP contribution in [0.5, 0.6) is 0 Å². The van der Waals surface area contributed by atoms with Crippen molar-refractivity contribution in [3.63, 3.8) is 0 Å². The van der Waals surface area contributed by atoms with Crippen LogP contribution in [0.2, 0.25) is 0 Å². The van der Waals surface area contributed by atoms with Crippen molar-refractivity contribution in [3.05, 3.63) is 11.3 Å². The predicted molar refractivity (Wildman–Crippen MR) is 82.4 cm³/mol. The van der Waals surface area contributed by atoms with Crippen molar-refractivity contribution in [3.8, 4) is 0 Å². The second-order valence-corrected chi connectivity index (χ2v) is 7.85. The maximum absolute atomic E-state index is 12.4. The summed E-state index contributed by atoms with van der Waals surface area (Å²) in [5.41, 5.74) is 1.52. The molecule has 1 aromatic rings. The van der Waals surface area contributed by atoms with Crippen LogP contribution >= 0.6 is 0 Å². The number of H-pyrrole nitrogens is 1. The summed E-state index contributed by atoms with van der Waals surface area (Å²) in [4.78, 5) is 0. The Hall–Kier alpha value is -0.920. The molecule has 0 atom stereocenters. The molecule has 2 rings (SSSR count). The number of hydrogen-bond donors (Lipinski definition) is 3. The van der Waals surface area contributed by atoms with E-state index < -0.39 is 10.0 Å². The van der Waals surface area contributed by atoms with Gasteiger partial charge in [-0.2, -0.15) is 5.10 Å². The summed E-state index contributed by atoms with van der Waals surface area (Å²) in [5, 5.41) is 10.2. The molecule has 1 aliphatic rings. The zero-order chi connectivity index (χ0) is 15.5. The van der Waals surface area contributed by atoms with Crippen LogP contribution in [0.1, 0.15) is 50.8 Å². The highest BCUT2D eigenvalue weighted by atomic mass is 32.2. The highest BCUT2D eigenvalue weighted by Gasteiger charge is 2.25. The van der Waals surface area contributed by atoms with Gasteiger partial charge in [-0.1, -0.05) is 26.7 Å². The third-order valence-corrected chi connectivity index (χ3v) is 5.41. The molecule has 0 unspecified atom stereocenters. The molecule has 6 nitrogen and oxygen atoms in total. The fourth-order valence-electron chi connectivity index (χ4n) is 2.68. The second kappa shape index (κ2) is 6.89. The van der Waals surface area contributed by atoms with Crippen LogP contribution in [0.3, 0.4) is 0 Å². The van der Waals surface area contributed by atoms with Crippen LogP contribution in [0, 0.1) is 12.8 Å². The van der Waals surface area contributed by atoms with E-state index in [1.54, 1.807) is 0 Å². The lowest BCUT2D eigenvalue weighted by Crippen LogP contribution is -2.30. The molecular weight excluding hydrogens is 288 g/mol. The van der Waals surface area contributed by atoms with E-state index in [1.165, 1.54) is 12.8 Å². The Morgan fingerprint density at radius 1 is 1.33 bits per heavy atom. The fourth-order valence-corrected chi connectivity index (χ4v) is 3.98. The summed E-state index contributed by atoms with van der Waals surface area (Å²) in [6.45, 7) is 6.93. The van der Waals surface area contributed by atoms with Crippen molar-refractivity contribution < 1.29 is 8.42 Å². The van der Waals surface area contributed by atoms with Gasteiger partial charge in [0.15, 0.2) is 5.03 Å². The number of aromatic amines is 1. The van der Waals surface area contributed by atoms with E-state index in [0.717, 1.165) is 24.1 Å². The molecule has 120 valence electrons. The molecule has 0 bridgehead atoms. The largest absolute Gasteiger partial charge is 0.310 e. The Labute approximate surface area is 127 Å². The molecule has 0 aromatic carbocycles. The Bertz CT molecular complexity index is 560. The Morgan fingerprint density at radius 3 is 2.62 bits per heavy atom. The van der Waals surface area contributed by atoms with E-state index >= 15 is 0 Å². The highest BCUT2D eigenvalue weighted by Crippen LogP contribution is 2.24.